The smallest absolute Gasteiger partial charge is 0.321 e. The number of rotatable bonds is 5. The van der Waals surface area contributed by atoms with E-state index in [0.29, 0.717) is 30.2 Å². The maximum absolute atomic E-state index is 12.6. The lowest BCUT2D eigenvalue weighted by Crippen LogP contribution is -2.47. The van der Waals surface area contributed by atoms with E-state index in [1.54, 1.807) is 31.3 Å². The molecular weight excluding hydrogens is 336 g/mol. The van der Waals surface area contributed by atoms with Crippen LogP contribution in [0.15, 0.2) is 12.1 Å². The second kappa shape index (κ2) is 8.29. The number of carbonyl (C=O) groups is 2. The summed E-state index contributed by atoms with van der Waals surface area (Å²) in [5.41, 5.74) is 1.49. The van der Waals surface area contributed by atoms with Crippen molar-refractivity contribution in [2.24, 2.45) is 11.8 Å². The number of nitrogens with one attached hydrogen (secondary N) is 1. The molecule has 1 heterocycles. The number of benzene rings is 1. The number of carboxylic acids is 1. The molecule has 0 aromatic heterocycles. The Balaban J connectivity index is 2.22. The summed E-state index contributed by atoms with van der Waals surface area (Å²) in [6.45, 7) is 6.79. The molecule has 1 fully saturated rings. The fourth-order valence-corrected chi connectivity index (χ4v) is 3.48. The van der Waals surface area contributed by atoms with Gasteiger partial charge in [-0.3, -0.25) is 4.79 Å². The first-order chi connectivity index (χ1) is 12.3. The van der Waals surface area contributed by atoms with E-state index in [1.165, 1.54) is 0 Å². The zero-order valence-corrected chi connectivity index (χ0v) is 16.0. The van der Waals surface area contributed by atoms with Gasteiger partial charge in [0.25, 0.3) is 0 Å². The number of amides is 2. The van der Waals surface area contributed by atoms with Crippen molar-refractivity contribution in [3.05, 3.63) is 17.7 Å². The SMILES string of the molecule is COc1cc(NC(=O)N2CC(C)CC(C(=O)O)C2)cc(OC)c1C(C)C. The number of likely N-dealkylation sites (tertiary alicyclic amines) is 1. The lowest BCUT2D eigenvalue weighted by molar-refractivity contribution is -0.143. The molecule has 2 unspecified atom stereocenters. The molecule has 0 saturated carbocycles. The Hall–Kier alpha value is -2.44. The molecule has 0 radical (unpaired) electrons. The van der Waals surface area contributed by atoms with Gasteiger partial charge in [-0.15, -0.1) is 0 Å². The Kier molecular flexibility index (Phi) is 6.34. The van der Waals surface area contributed by atoms with Gasteiger partial charge >= 0.3 is 12.0 Å². The number of hydrogen-bond donors (Lipinski definition) is 2. The van der Waals surface area contributed by atoms with E-state index in [-0.39, 0.29) is 24.4 Å². The Bertz CT molecular complexity index is 649. The molecule has 0 aliphatic carbocycles. The van der Waals surface area contributed by atoms with E-state index in [1.807, 2.05) is 20.8 Å². The Morgan fingerprint density at radius 1 is 1.19 bits per heavy atom. The number of piperidine rings is 1. The molecule has 2 N–H and O–H groups in total. The number of carbonyl (C=O) groups excluding carboxylic acids is 1. The van der Waals surface area contributed by atoms with Gasteiger partial charge in [0.1, 0.15) is 11.5 Å². The number of anilines is 1. The van der Waals surface area contributed by atoms with Crippen LogP contribution in [-0.4, -0.2) is 49.3 Å². The molecule has 2 atom stereocenters. The Morgan fingerprint density at radius 2 is 1.77 bits per heavy atom. The number of nitrogens with zero attached hydrogens (tertiary/aromatic N) is 1. The summed E-state index contributed by atoms with van der Waals surface area (Å²) >= 11 is 0. The monoisotopic (exact) mass is 364 g/mol. The van der Waals surface area contributed by atoms with E-state index in [2.05, 4.69) is 5.32 Å². The zero-order chi connectivity index (χ0) is 19.4. The molecule has 2 rings (SSSR count). The van der Waals surface area contributed by atoms with E-state index >= 15 is 0 Å². The molecule has 1 aromatic rings. The number of carboxylic acid groups (broad SMARTS) is 1. The van der Waals surface area contributed by atoms with Crippen LogP contribution in [0.2, 0.25) is 0 Å². The van der Waals surface area contributed by atoms with Crippen LogP contribution >= 0.6 is 0 Å². The van der Waals surface area contributed by atoms with Gasteiger partial charge in [0, 0.05) is 36.5 Å². The van der Waals surface area contributed by atoms with Crippen LogP contribution < -0.4 is 14.8 Å². The van der Waals surface area contributed by atoms with Crippen LogP contribution in [0.5, 0.6) is 11.5 Å². The molecule has 7 nitrogen and oxygen atoms in total. The van der Waals surface area contributed by atoms with Crippen LogP contribution in [0.4, 0.5) is 10.5 Å². The van der Waals surface area contributed by atoms with Crippen molar-refractivity contribution >= 4 is 17.7 Å². The van der Waals surface area contributed by atoms with Gasteiger partial charge in [0.05, 0.1) is 20.1 Å². The summed E-state index contributed by atoms with van der Waals surface area (Å²) in [4.78, 5) is 25.5. The number of ether oxygens (including phenoxy) is 2. The third-order valence-electron chi connectivity index (χ3n) is 4.67. The molecule has 0 spiro atoms. The minimum atomic E-state index is -0.862. The van der Waals surface area contributed by atoms with Gasteiger partial charge in [-0.25, -0.2) is 4.79 Å². The van der Waals surface area contributed by atoms with Crippen molar-refractivity contribution in [3.8, 4) is 11.5 Å². The fraction of sp³-hybridized carbons (Fsp3) is 0.579. The average Bonchev–Trinajstić information content (AvgIpc) is 2.59. The summed E-state index contributed by atoms with van der Waals surface area (Å²) in [5, 5.41) is 12.1. The molecule has 1 aromatic carbocycles. The summed E-state index contributed by atoms with van der Waals surface area (Å²) < 4.78 is 10.9. The van der Waals surface area contributed by atoms with Crippen LogP contribution in [0.3, 0.4) is 0 Å². The van der Waals surface area contributed by atoms with Crippen molar-refractivity contribution in [2.75, 3.05) is 32.6 Å². The normalized spacial score (nSPS) is 20.0. The highest BCUT2D eigenvalue weighted by Crippen LogP contribution is 2.38. The van der Waals surface area contributed by atoms with Gasteiger partial charge in [-0.2, -0.15) is 0 Å². The second-order valence-corrected chi connectivity index (χ2v) is 7.16. The minimum absolute atomic E-state index is 0.142. The van der Waals surface area contributed by atoms with Crippen LogP contribution in [0.25, 0.3) is 0 Å². The lowest BCUT2D eigenvalue weighted by Gasteiger charge is -2.34. The molecule has 144 valence electrons. The average molecular weight is 364 g/mol. The molecule has 0 bridgehead atoms. The molecule has 2 amide bonds. The number of aliphatic carboxylic acids is 1. The van der Waals surface area contributed by atoms with E-state index in [0.717, 1.165) is 5.56 Å². The molecule has 1 aliphatic rings. The molecule has 7 heteroatoms. The van der Waals surface area contributed by atoms with Crippen LogP contribution in [0, 0.1) is 11.8 Å². The first-order valence-corrected chi connectivity index (χ1v) is 8.81. The molecule has 1 saturated heterocycles. The van der Waals surface area contributed by atoms with Gasteiger partial charge in [-0.05, 0) is 18.3 Å². The summed E-state index contributed by atoms with van der Waals surface area (Å²) in [7, 11) is 3.16. The van der Waals surface area contributed by atoms with Crippen LogP contribution in [-0.2, 0) is 4.79 Å². The standard InChI is InChI=1S/C19H28N2O5/c1-11(2)17-15(25-4)7-14(8-16(17)26-5)20-19(24)21-9-12(3)6-13(10-21)18(22)23/h7-8,11-13H,6,9-10H2,1-5H3,(H,20,24)(H,22,23). The van der Waals surface area contributed by atoms with Crippen molar-refractivity contribution in [1.29, 1.82) is 0 Å². The fourth-order valence-electron chi connectivity index (χ4n) is 3.48. The van der Waals surface area contributed by atoms with Gasteiger partial charge in [-0.1, -0.05) is 20.8 Å². The second-order valence-electron chi connectivity index (χ2n) is 7.16. The van der Waals surface area contributed by atoms with Crippen molar-refractivity contribution in [1.82, 2.24) is 4.90 Å². The Morgan fingerprint density at radius 3 is 2.23 bits per heavy atom. The van der Waals surface area contributed by atoms with Crippen molar-refractivity contribution < 1.29 is 24.2 Å². The van der Waals surface area contributed by atoms with Crippen molar-refractivity contribution in [3.63, 3.8) is 0 Å². The highest BCUT2D eigenvalue weighted by Gasteiger charge is 2.32. The third-order valence-corrected chi connectivity index (χ3v) is 4.67. The van der Waals surface area contributed by atoms with Gasteiger partial charge in [0.2, 0.25) is 0 Å². The van der Waals surface area contributed by atoms with E-state index in [9.17, 15) is 14.7 Å². The topological polar surface area (TPSA) is 88.1 Å². The molecule has 1 aliphatic heterocycles. The summed E-state index contributed by atoms with van der Waals surface area (Å²) in [5.74, 6) is 0.234. The van der Waals surface area contributed by atoms with Gasteiger partial charge in [0.15, 0.2) is 0 Å². The highest BCUT2D eigenvalue weighted by atomic mass is 16.5. The largest absolute Gasteiger partial charge is 0.496 e. The van der Waals surface area contributed by atoms with E-state index < -0.39 is 11.9 Å². The lowest BCUT2D eigenvalue weighted by atomic mass is 9.91. The predicted octanol–water partition coefficient (Wildman–Crippen LogP) is 3.40. The first-order valence-electron chi connectivity index (χ1n) is 8.81. The third kappa shape index (κ3) is 4.39. The maximum atomic E-state index is 12.6. The first kappa shape index (κ1) is 19.9. The minimum Gasteiger partial charge on any atom is -0.496 e. The summed E-state index contributed by atoms with van der Waals surface area (Å²) in [6, 6.07) is 3.21. The number of methoxy groups -OCH3 is 2. The zero-order valence-electron chi connectivity index (χ0n) is 16.0. The van der Waals surface area contributed by atoms with E-state index in [4.69, 9.17) is 9.47 Å². The molecule has 26 heavy (non-hydrogen) atoms. The number of urea groups is 1. The predicted molar refractivity (Wildman–Crippen MR) is 99.1 cm³/mol. The molecular formula is C19H28N2O5. The quantitative estimate of drug-likeness (QED) is 0.836. The number of hydrogen-bond acceptors (Lipinski definition) is 4. The van der Waals surface area contributed by atoms with Crippen LogP contribution in [0.1, 0.15) is 38.7 Å². The van der Waals surface area contributed by atoms with Crippen molar-refractivity contribution in [2.45, 2.75) is 33.1 Å². The van der Waals surface area contributed by atoms with Gasteiger partial charge < -0.3 is 24.8 Å². The summed E-state index contributed by atoms with van der Waals surface area (Å²) in [6.07, 6.45) is 0.587. The maximum Gasteiger partial charge on any atom is 0.321 e. The Labute approximate surface area is 154 Å². The highest BCUT2D eigenvalue weighted by molar-refractivity contribution is 5.90.